The molecule has 0 heterocycles. The van der Waals surface area contributed by atoms with Crippen molar-refractivity contribution in [1.29, 1.82) is 0 Å². The van der Waals surface area contributed by atoms with Crippen LogP contribution in [0, 0.1) is 0 Å². The van der Waals surface area contributed by atoms with Gasteiger partial charge in [-0.15, -0.1) is 0 Å². The lowest BCUT2D eigenvalue weighted by Crippen LogP contribution is -2.35. The average Bonchev–Trinajstić information content (AvgIpc) is 2.70. The first-order valence-corrected chi connectivity index (χ1v) is 8.35. The molecular formula is C21H20N2O3. The summed E-state index contributed by atoms with van der Waals surface area (Å²) in [6.45, 7) is 0.273. The Morgan fingerprint density at radius 1 is 0.923 bits per heavy atom. The van der Waals surface area contributed by atoms with Gasteiger partial charge in [-0.2, -0.15) is 0 Å². The molecule has 0 aromatic heterocycles. The first-order chi connectivity index (χ1) is 12.7. The van der Waals surface area contributed by atoms with E-state index in [2.05, 4.69) is 10.6 Å². The minimum Gasteiger partial charge on any atom is -0.488 e. The van der Waals surface area contributed by atoms with E-state index in [1.54, 1.807) is 6.07 Å². The van der Waals surface area contributed by atoms with Crippen LogP contribution in [-0.4, -0.2) is 25.4 Å². The largest absolute Gasteiger partial charge is 0.488 e. The van der Waals surface area contributed by atoms with E-state index in [-0.39, 0.29) is 18.4 Å². The van der Waals surface area contributed by atoms with Crippen LogP contribution in [0.5, 0.6) is 5.75 Å². The minimum absolute atomic E-state index is 0.0831. The molecule has 132 valence electrons. The van der Waals surface area contributed by atoms with Crippen LogP contribution in [0.2, 0.25) is 0 Å². The molecule has 0 aliphatic heterocycles. The Morgan fingerprint density at radius 3 is 2.27 bits per heavy atom. The van der Waals surface area contributed by atoms with Crippen molar-refractivity contribution in [3.8, 4) is 5.75 Å². The van der Waals surface area contributed by atoms with Crippen molar-refractivity contribution in [2.75, 3.05) is 13.6 Å². The second-order valence-electron chi connectivity index (χ2n) is 5.83. The van der Waals surface area contributed by atoms with Crippen LogP contribution >= 0.6 is 0 Å². The number of carbonyl (C=O) groups is 2. The Hall–Kier alpha value is -3.34. The summed E-state index contributed by atoms with van der Waals surface area (Å²) in [7, 11) is 1.53. The summed E-state index contributed by atoms with van der Waals surface area (Å²) in [5, 5.41) is 7.02. The number of fused-ring (bicyclic) bond motifs is 1. The van der Waals surface area contributed by atoms with Gasteiger partial charge in [0, 0.05) is 7.05 Å². The number of carbonyl (C=O) groups excluding carboxylic acids is 2. The number of hydrogen-bond acceptors (Lipinski definition) is 3. The van der Waals surface area contributed by atoms with Crippen molar-refractivity contribution in [3.05, 3.63) is 77.9 Å². The maximum Gasteiger partial charge on any atom is 0.255 e. The summed E-state index contributed by atoms with van der Waals surface area (Å²) in [5.41, 5.74) is 1.42. The number of amides is 2. The van der Waals surface area contributed by atoms with Gasteiger partial charge in [0.2, 0.25) is 5.91 Å². The Kier molecular flexibility index (Phi) is 5.49. The van der Waals surface area contributed by atoms with E-state index in [0.29, 0.717) is 17.9 Å². The molecule has 0 spiro atoms. The molecule has 0 saturated heterocycles. The maximum atomic E-state index is 12.6. The lowest BCUT2D eigenvalue weighted by atomic mass is 10.1. The molecule has 0 radical (unpaired) electrons. The Labute approximate surface area is 152 Å². The standard InChI is InChI=1S/C21H20N2O3/c1-22-20(24)13-23-21(25)18-11-16-9-5-6-10-17(16)12-19(18)26-14-15-7-3-2-4-8-15/h2-12H,13-14H2,1H3,(H,22,24)(H,23,25). The van der Waals surface area contributed by atoms with Crippen LogP contribution in [0.15, 0.2) is 66.7 Å². The SMILES string of the molecule is CNC(=O)CNC(=O)c1cc2ccccc2cc1OCc1ccccc1. The number of nitrogens with one attached hydrogen (secondary N) is 2. The van der Waals surface area contributed by atoms with Gasteiger partial charge in [-0.05, 0) is 28.5 Å². The topological polar surface area (TPSA) is 67.4 Å². The number of rotatable bonds is 6. The smallest absolute Gasteiger partial charge is 0.255 e. The quantitative estimate of drug-likeness (QED) is 0.720. The fourth-order valence-corrected chi connectivity index (χ4v) is 2.60. The molecule has 0 unspecified atom stereocenters. The Balaban J connectivity index is 1.88. The Morgan fingerprint density at radius 2 is 1.58 bits per heavy atom. The van der Waals surface area contributed by atoms with Crippen molar-refractivity contribution in [3.63, 3.8) is 0 Å². The Bertz CT molecular complexity index is 923. The van der Waals surface area contributed by atoms with Crippen molar-refractivity contribution in [2.45, 2.75) is 6.61 Å². The molecule has 0 aliphatic rings. The number of ether oxygens (including phenoxy) is 1. The molecule has 3 aromatic rings. The van der Waals surface area contributed by atoms with Crippen LogP contribution in [0.25, 0.3) is 10.8 Å². The summed E-state index contributed by atoms with van der Waals surface area (Å²) < 4.78 is 5.92. The highest BCUT2D eigenvalue weighted by Gasteiger charge is 2.15. The predicted molar refractivity (Wildman–Crippen MR) is 101 cm³/mol. The summed E-state index contributed by atoms with van der Waals surface area (Å²) in [6.07, 6.45) is 0. The normalized spacial score (nSPS) is 10.3. The van der Waals surface area contributed by atoms with Gasteiger partial charge in [0.15, 0.2) is 0 Å². The third kappa shape index (κ3) is 4.19. The molecule has 0 bridgehead atoms. The molecule has 5 nitrogen and oxygen atoms in total. The van der Waals surface area contributed by atoms with Crippen molar-refractivity contribution in [1.82, 2.24) is 10.6 Å². The van der Waals surface area contributed by atoms with Crippen molar-refractivity contribution < 1.29 is 14.3 Å². The molecule has 26 heavy (non-hydrogen) atoms. The first kappa shape index (κ1) is 17.5. The van der Waals surface area contributed by atoms with E-state index < -0.39 is 0 Å². The zero-order valence-corrected chi connectivity index (χ0v) is 14.5. The molecule has 2 amide bonds. The maximum absolute atomic E-state index is 12.6. The summed E-state index contributed by atoms with van der Waals surface area (Å²) in [5.74, 6) is -0.115. The second-order valence-corrected chi connectivity index (χ2v) is 5.83. The van der Waals surface area contributed by atoms with Gasteiger partial charge >= 0.3 is 0 Å². The minimum atomic E-state index is -0.345. The molecule has 0 fully saturated rings. The van der Waals surface area contributed by atoms with Gasteiger partial charge in [0.1, 0.15) is 12.4 Å². The van der Waals surface area contributed by atoms with E-state index in [9.17, 15) is 9.59 Å². The highest BCUT2D eigenvalue weighted by molar-refractivity contribution is 6.02. The molecule has 0 atom stereocenters. The highest BCUT2D eigenvalue weighted by Crippen LogP contribution is 2.27. The van der Waals surface area contributed by atoms with Gasteiger partial charge in [-0.3, -0.25) is 9.59 Å². The second kappa shape index (κ2) is 8.16. The fourth-order valence-electron chi connectivity index (χ4n) is 2.60. The molecular weight excluding hydrogens is 328 g/mol. The monoisotopic (exact) mass is 348 g/mol. The lowest BCUT2D eigenvalue weighted by Gasteiger charge is -2.13. The van der Waals surface area contributed by atoms with Crippen LogP contribution in [0.4, 0.5) is 0 Å². The molecule has 3 aromatic carbocycles. The van der Waals surface area contributed by atoms with Gasteiger partial charge in [0.25, 0.3) is 5.91 Å². The third-order valence-electron chi connectivity index (χ3n) is 4.02. The van der Waals surface area contributed by atoms with E-state index in [1.165, 1.54) is 7.05 Å². The molecule has 3 rings (SSSR count). The van der Waals surface area contributed by atoms with Crippen molar-refractivity contribution in [2.24, 2.45) is 0 Å². The third-order valence-corrected chi connectivity index (χ3v) is 4.02. The zero-order valence-electron chi connectivity index (χ0n) is 14.5. The van der Waals surface area contributed by atoms with Gasteiger partial charge in [-0.1, -0.05) is 54.6 Å². The number of likely N-dealkylation sites (N-methyl/N-ethyl adjacent to an activating group) is 1. The summed E-state index contributed by atoms with van der Waals surface area (Å²) in [6, 6.07) is 21.2. The summed E-state index contributed by atoms with van der Waals surface area (Å²) >= 11 is 0. The number of hydrogen-bond donors (Lipinski definition) is 2. The predicted octanol–water partition coefficient (Wildman–Crippen LogP) is 2.89. The molecule has 0 aliphatic carbocycles. The van der Waals surface area contributed by atoms with Gasteiger partial charge in [-0.25, -0.2) is 0 Å². The highest BCUT2D eigenvalue weighted by atomic mass is 16.5. The van der Waals surface area contributed by atoms with Crippen LogP contribution < -0.4 is 15.4 Å². The van der Waals surface area contributed by atoms with E-state index >= 15 is 0 Å². The lowest BCUT2D eigenvalue weighted by molar-refractivity contribution is -0.119. The fraction of sp³-hybridized carbons (Fsp3) is 0.143. The van der Waals surface area contributed by atoms with Crippen LogP contribution in [-0.2, 0) is 11.4 Å². The van der Waals surface area contributed by atoms with E-state index in [0.717, 1.165) is 16.3 Å². The molecule has 0 saturated carbocycles. The molecule has 5 heteroatoms. The zero-order chi connectivity index (χ0) is 18.4. The van der Waals surface area contributed by atoms with E-state index in [1.807, 2.05) is 60.7 Å². The van der Waals surface area contributed by atoms with Gasteiger partial charge < -0.3 is 15.4 Å². The molecule has 2 N–H and O–H groups in total. The van der Waals surface area contributed by atoms with Crippen LogP contribution in [0.3, 0.4) is 0 Å². The van der Waals surface area contributed by atoms with E-state index in [4.69, 9.17) is 4.74 Å². The van der Waals surface area contributed by atoms with Gasteiger partial charge in [0.05, 0.1) is 12.1 Å². The van der Waals surface area contributed by atoms with Crippen molar-refractivity contribution >= 4 is 22.6 Å². The summed E-state index contributed by atoms with van der Waals surface area (Å²) in [4.78, 5) is 24.0. The number of benzene rings is 3. The van der Waals surface area contributed by atoms with Crippen LogP contribution in [0.1, 0.15) is 15.9 Å². The first-order valence-electron chi connectivity index (χ1n) is 8.35. The average molecular weight is 348 g/mol.